The predicted molar refractivity (Wildman–Crippen MR) is 53.5 cm³/mol. The highest BCUT2D eigenvalue weighted by atomic mass is 16.3. The first-order valence-electron chi connectivity index (χ1n) is 5.14. The van der Waals surface area contributed by atoms with Crippen LogP contribution in [0.25, 0.3) is 0 Å². The van der Waals surface area contributed by atoms with E-state index < -0.39 is 0 Å². The minimum atomic E-state index is 0.108. The molecule has 0 unspecified atom stereocenters. The van der Waals surface area contributed by atoms with E-state index in [0.29, 0.717) is 12.8 Å². The van der Waals surface area contributed by atoms with Crippen LogP contribution in [0, 0.1) is 0 Å². The summed E-state index contributed by atoms with van der Waals surface area (Å²) in [6.45, 7) is 5.86. The number of rotatable bonds is 7. The first-order chi connectivity index (χ1) is 6.26. The van der Waals surface area contributed by atoms with Gasteiger partial charge in [0.2, 0.25) is 5.91 Å². The molecule has 1 N–H and O–H groups in total. The summed E-state index contributed by atoms with van der Waals surface area (Å²) in [4.78, 5) is 13.3. The fourth-order valence-corrected chi connectivity index (χ4v) is 1.20. The lowest BCUT2D eigenvalue weighted by molar-refractivity contribution is -0.131. The highest BCUT2D eigenvalue weighted by Gasteiger charge is 2.09. The summed E-state index contributed by atoms with van der Waals surface area (Å²) >= 11 is 0. The zero-order valence-electron chi connectivity index (χ0n) is 8.75. The SMILES string of the molecule is CCCCN(CC)C(=O)CCCO. The molecule has 0 saturated heterocycles. The second kappa shape index (κ2) is 8.05. The molecule has 0 rings (SSSR count). The maximum atomic E-state index is 11.5. The molecule has 0 saturated carbocycles. The lowest BCUT2D eigenvalue weighted by atomic mass is 10.2. The molecule has 0 aliphatic rings. The third-order valence-corrected chi connectivity index (χ3v) is 2.06. The maximum absolute atomic E-state index is 11.5. The molecular weight excluding hydrogens is 166 g/mol. The summed E-state index contributed by atoms with van der Waals surface area (Å²) in [5.41, 5.74) is 0. The van der Waals surface area contributed by atoms with Crippen molar-refractivity contribution in [3.05, 3.63) is 0 Å². The van der Waals surface area contributed by atoms with Gasteiger partial charge in [0.1, 0.15) is 0 Å². The molecule has 0 atom stereocenters. The minimum Gasteiger partial charge on any atom is -0.396 e. The van der Waals surface area contributed by atoms with Gasteiger partial charge < -0.3 is 10.0 Å². The van der Waals surface area contributed by atoms with Crippen LogP contribution in [-0.4, -0.2) is 35.6 Å². The van der Waals surface area contributed by atoms with Crippen LogP contribution in [0.2, 0.25) is 0 Å². The molecule has 0 bridgehead atoms. The average Bonchev–Trinajstić information content (AvgIpc) is 2.16. The molecule has 0 aliphatic heterocycles. The molecule has 0 aromatic rings. The Balaban J connectivity index is 3.71. The Kier molecular flexibility index (Phi) is 7.69. The highest BCUT2D eigenvalue weighted by molar-refractivity contribution is 5.76. The number of hydrogen-bond donors (Lipinski definition) is 1. The number of amides is 1. The molecule has 0 fully saturated rings. The second-order valence-corrected chi connectivity index (χ2v) is 3.15. The third kappa shape index (κ3) is 5.64. The summed E-state index contributed by atoms with van der Waals surface area (Å²) in [6, 6.07) is 0. The summed E-state index contributed by atoms with van der Waals surface area (Å²) in [7, 11) is 0. The van der Waals surface area contributed by atoms with Crippen LogP contribution in [0.1, 0.15) is 39.5 Å². The van der Waals surface area contributed by atoms with E-state index >= 15 is 0 Å². The van der Waals surface area contributed by atoms with Crippen molar-refractivity contribution in [2.45, 2.75) is 39.5 Å². The predicted octanol–water partition coefficient (Wildman–Crippen LogP) is 1.41. The molecule has 0 aromatic heterocycles. The fourth-order valence-electron chi connectivity index (χ4n) is 1.20. The van der Waals surface area contributed by atoms with Crippen LogP contribution in [0.15, 0.2) is 0 Å². The van der Waals surface area contributed by atoms with Gasteiger partial charge in [-0.15, -0.1) is 0 Å². The molecule has 3 heteroatoms. The Morgan fingerprint density at radius 2 is 2.00 bits per heavy atom. The molecule has 13 heavy (non-hydrogen) atoms. The number of carbonyl (C=O) groups excluding carboxylic acids is 1. The number of carbonyl (C=O) groups is 1. The third-order valence-electron chi connectivity index (χ3n) is 2.06. The first kappa shape index (κ1) is 12.4. The summed E-state index contributed by atoms with van der Waals surface area (Å²) in [5, 5.41) is 8.57. The van der Waals surface area contributed by atoms with Gasteiger partial charge in [0, 0.05) is 26.1 Å². The molecule has 3 nitrogen and oxygen atoms in total. The number of unbranched alkanes of at least 4 members (excludes halogenated alkanes) is 1. The molecule has 1 amide bonds. The maximum Gasteiger partial charge on any atom is 0.222 e. The van der Waals surface area contributed by atoms with E-state index in [4.69, 9.17) is 5.11 Å². The zero-order valence-corrected chi connectivity index (χ0v) is 8.75. The second-order valence-electron chi connectivity index (χ2n) is 3.15. The molecule has 0 spiro atoms. The largest absolute Gasteiger partial charge is 0.396 e. The normalized spacial score (nSPS) is 10.1. The standard InChI is InChI=1S/C10H21NO2/c1-3-5-8-11(4-2)10(13)7-6-9-12/h12H,3-9H2,1-2H3. The molecule has 0 aromatic carbocycles. The van der Waals surface area contributed by atoms with E-state index in [1.807, 2.05) is 11.8 Å². The van der Waals surface area contributed by atoms with Gasteiger partial charge in [-0.05, 0) is 19.8 Å². The molecule has 0 radical (unpaired) electrons. The van der Waals surface area contributed by atoms with Crippen LogP contribution >= 0.6 is 0 Å². The van der Waals surface area contributed by atoms with Crippen molar-refractivity contribution >= 4 is 5.91 Å². The van der Waals surface area contributed by atoms with Crippen molar-refractivity contribution in [1.29, 1.82) is 0 Å². The lowest BCUT2D eigenvalue weighted by Crippen LogP contribution is -2.31. The van der Waals surface area contributed by atoms with Gasteiger partial charge in [0.25, 0.3) is 0 Å². The molecule has 0 aliphatic carbocycles. The van der Waals surface area contributed by atoms with Crippen molar-refractivity contribution in [2.24, 2.45) is 0 Å². The lowest BCUT2D eigenvalue weighted by Gasteiger charge is -2.20. The van der Waals surface area contributed by atoms with E-state index in [0.717, 1.165) is 25.9 Å². The summed E-state index contributed by atoms with van der Waals surface area (Å²) in [6.07, 6.45) is 3.25. The smallest absolute Gasteiger partial charge is 0.222 e. The van der Waals surface area contributed by atoms with E-state index in [2.05, 4.69) is 6.92 Å². The van der Waals surface area contributed by atoms with E-state index in [1.165, 1.54) is 0 Å². The number of aliphatic hydroxyl groups is 1. The Bertz CT molecular complexity index is 137. The van der Waals surface area contributed by atoms with Crippen LogP contribution in [-0.2, 0) is 4.79 Å². The number of hydrogen-bond acceptors (Lipinski definition) is 2. The quantitative estimate of drug-likeness (QED) is 0.654. The minimum absolute atomic E-state index is 0.108. The van der Waals surface area contributed by atoms with Crippen molar-refractivity contribution in [1.82, 2.24) is 4.90 Å². The van der Waals surface area contributed by atoms with E-state index in [1.54, 1.807) is 0 Å². The van der Waals surface area contributed by atoms with Crippen LogP contribution in [0.3, 0.4) is 0 Å². The van der Waals surface area contributed by atoms with E-state index in [-0.39, 0.29) is 12.5 Å². The van der Waals surface area contributed by atoms with E-state index in [9.17, 15) is 4.79 Å². The topological polar surface area (TPSA) is 40.5 Å². The first-order valence-corrected chi connectivity index (χ1v) is 5.14. The zero-order chi connectivity index (χ0) is 10.1. The fraction of sp³-hybridized carbons (Fsp3) is 0.900. The van der Waals surface area contributed by atoms with Gasteiger partial charge >= 0.3 is 0 Å². The monoisotopic (exact) mass is 187 g/mol. The Labute approximate surface area is 80.7 Å². The van der Waals surface area contributed by atoms with Gasteiger partial charge in [-0.3, -0.25) is 4.79 Å². The van der Waals surface area contributed by atoms with Gasteiger partial charge in [-0.1, -0.05) is 13.3 Å². The number of nitrogens with zero attached hydrogens (tertiary/aromatic N) is 1. The average molecular weight is 187 g/mol. The molecule has 78 valence electrons. The number of aliphatic hydroxyl groups excluding tert-OH is 1. The Hall–Kier alpha value is -0.570. The van der Waals surface area contributed by atoms with Crippen molar-refractivity contribution in [3.8, 4) is 0 Å². The Morgan fingerprint density at radius 3 is 2.46 bits per heavy atom. The summed E-state index contributed by atoms with van der Waals surface area (Å²) in [5.74, 6) is 0.171. The highest BCUT2D eigenvalue weighted by Crippen LogP contribution is 2.00. The van der Waals surface area contributed by atoms with Gasteiger partial charge in [-0.25, -0.2) is 0 Å². The van der Waals surface area contributed by atoms with Crippen LogP contribution in [0.4, 0.5) is 0 Å². The van der Waals surface area contributed by atoms with Crippen molar-refractivity contribution in [2.75, 3.05) is 19.7 Å². The summed E-state index contributed by atoms with van der Waals surface area (Å²) < 4.78 is 0. The van der Waals surface area contributed by atoms with Crippen LogP contribution in [0.5, 0.6) is 0 Å². The van der Waals surface area contributed by atoms with Crippen molar-refractivity contribution < 1.29 is 9.90 Å². The van der Waals surface area contributed by atoms with Gasteiger partial charge in [0.05, 0.1) is 0 Å². The van der Waals surface area contributed by atoms with Crippen molar-refractivity contribution in [3.63, 3.8) is 0 Å². The van der Waals surface area contributed by atoms with Gasteiger partial charge in [0.15, 0.2) is 0 Å². The van der Waals surface area contributed by atoms with Crippen LogP contribution < -0.4 is 0 Å². The molecular formula is C10H21NO2. The van der Waals surface area contributed by atoms with Gasteiger partial charge in [-0.2, -0.15) is 0 Å². The molecule has 0 heterocycles. The Morgan fingerprint density at radius 1 is 1.31 bits per heavy atom.